The van der Waals surface area contributed by atoms with Gasteiger partial charge < -0.3 is 14.7 Å². The van der Waals surface area contributed by atoms with Crippen LogP contribution in [0.2, 0.25) is 0 Å². The summed E-state index contributed by atoms with van der Waals surface area (Å²) >= 11 is 0. The van der Waals surface area contributed by atoms with Gasteiger partial charge >= 0.3 is 6.03 Å². The third kappa shape index (κ3) is 4.38. The zero-order chi connectivity index (χ0) is 19.5. The summed E-state index contributed by atoms with van der Waals surface area (Å²) in [6.07, 6.45) is 4.92. The molecule has 1 aromatic heterocycles. The molecule has 1 aromatic carbocycles. The number of hydrogen-bond acceptors (Lipinski definition) is 4. The number of amides is 2. The molecule has 2 aromatic rings. The molecule has 1 aliphatic carbocycles. The lowest BCUT2D eigenvalue weighted by molar-refractivity contribution is 0.126. The Hall–Kier alpha value is -2.34. The first-order chi connectivity index (χ1) is 13.6. The molecule has 1 fully saturated rings. The first-order valence-corrected chi connectivity index (χ1v) is 10.4. The van der Waals surface area contributed by atoms with Crippen LogP contribution in [-0.2, 0) is 19.4 Å². The first-order valence-electron chi connectivity index (χ1n) is 10.4. The fraction of sp³-hybridized carbons (Fsp3) is 0.545. The topological polar surface area (TPSA) is 61.6 Å². The van der Waals surface area contributed by atoms with Crippen LogP contribution >= 0.6 is 0 Å². The van der Waals surface area contributed by atoms with Crippen molar-refractivity contribution in [3.63, 3.8) is 0 Å². The van der Waals surface area contributed by atoms with Crippen LogP contribution in [0.5, 0.6) is 0 Å². The summed E-state index contributed by atoms with van der Waals surface area (Å²) in [5.74, 6) is 0.886. The maximum atomic E-state index is 12.7. The number of nitrogens with zero attached hydrogens (tertiary/aromatic N) is 3. The summed E-state index contributed by atoms with van der Waals surface area (Å²) in [5, 5.41) is 7.12. The molecule has 2 amide bonds. The lowest BCUT2D eigenvalue weighted by Gasteiger charge is -2.34. The number of hydrogen-bond donors (Lipinski definition) is 1. The molecule has 1 aliphatic heterocycles. The van der Waals surface area contributed by atoms with Crippen molar-refractivity contribution in [2.45, 2.75) is 52.1 Å². The second-order valence-corrected chi connectivity index (χ2v) is 8.10. The molecule has 1 N–H and O–H groups in total. The maximum absolute atomic E-state index is 12.7. The van der Waals surface area contributed by atoms with Gasteiger partial charge in [0.1, 0.15) is 0 Å². The number of nitrogens with one attached hydrogen (secondary N) is 1. The Kier molecular flexibility index (Phi) is 5.67. The highest BCUT2D eigenvalue weighted by Crippen LogP contribution is 2.25. The Balaban J connectivity index is 1.28. The minimum Gasteiger partial charge on any atom is -0.360 e. The summed E-state index contributed by atoms with van der Waals surface area (Å²) in [6, 6.07) is 8.73. The van der Waals surface area contributed by atoms with Crippen molar-refractivity contribution in [3.05, 3.63) is 52.4 Å². The molecule has 0 radical (unpaired) electrons. The molecule has 150 valence electrons. The van der Waals surface area contributed by atoms with Crippen molar-refractivity contribution in [3.8, 4) is 0 Å². The highest BCUT2D eigenvalue weighted by molar-refractivity contribution is 5.74. The van der Waals surface area contributed by atoms with Crippen molar-refractivity contribution in [2.75, 3.05) is 26.2 Å². The number of fused-ring (bicyclic) bond motifs is 1. The maximum Gasteiger partial charge on any atom is 0.317 e. The predicted octanol–water partition coefficient (Wildman–Crippen LogP) is 3.45. The second-order valence-electron chi connectivity index (χ2n) is 8.10. The summed E-state index contributed by atoms with van der Waals surface area (Å²) in [5.41, 5.74) is 5.05. The number of aromatic nitrogens is 1. The molecular weight excluding hydrogens is 352 g/mol. The third-order valence-corrected chi connectivity index (χ3v) is 5.93. The van der Waals surface area contributed by atoms with Gasteiger partial charge in [-0.25, -0.2) is 4.79 Å². The molecule has 6 heteroatoms. The van der Waals surface area contributed by atoms with E-state index in [1.165, 1.54) is 36.0 Å². The van der Waals surface area contributed by atoms with Crippen molar-refractivity contribution >= 4 is 6.03 Å². The number of rotatable bonds is 4. The number of piperazine rings is 1. The zero-order valence-corrected chi connectivity index (χ0v) is 16.9. The van der Waals surface area contributed by atoms with E-state index in [1.54, 1.807) is 0 Å². The van der Waals surface area contributed by atoms with Crippen molar-refractivity contribution in [2.24, 2.45) is 0 Å². The molecule has 28 heavy (non-hydrogen) atoms. The number of benzene rings is 1. The van der Waals surface area contributed by atoms with E-state index in [0.717, 1.165) is 50.6 Å². The van der Waals surface area contributed by atoms with Gasteiger partial charge in [-0.1, -0.05) is 23.4 Å². The molecule has 2 aliphatic rings. The molecule has 6 nitrogen and oxygen atoms in total. The lowest BCUT2D eigenvalue weighted by atomic mass is 9.89. The highest BCUT2D eigenvalue weighted by Gasteiger charge is 2.23. The summed E-state index contributed by atoms with van der Waals surface area (Å²) < 4.78 is 5.30. The molecule has 1 saturated heterocycles. The summed E-state index contributed by atoms with van der Waals surface area (Å²) in [6.45, 7) is 7.91. The van der Waals surface area contributed by atoms with Crippen LogP contribution in [0, 0.1) is 6.92 Å². The molecule has 0 spiro atoms. The predicted molar refractivity (Wildman–Crippen MR) is 108 cm³/mol. The molecule has 1 atom stereocenters. The smallest absolute Gasteiger partial charge is 0.317 e. The molecule has 1 unspecified atom stereocenters. The Morgan fingerprint density at radius 1 is 1.14 bits per heavy atom. The lowest BCUT2D eigenvalue weighted by Crippen LogP contribution is -2.51. The molecule has 0 saturated carbocycles. The van der Waals surface area contributed by atoms with Gasteiger partial charge in [0, 0.05) is 32.2 Å². The Bertz CT molecular complexity index is 824. The van der Waals surface area contributed by atoms with Crippen LogP contribution in [0.4, 0.5) is 4.79 Å². The van der Waals surface area contributed by atoms with Crippen molar-refractivity contribution in [1.29, 1.82) is 0 Å². The van der Waals surface area contributed by atoms with Crippen LogP contribution in [-0.4, -0.2) is 47.2 Å². The van der Waals surface area contributed by atoms with Gasteiger partial charge in [-0.3, -0.25) is 4.90 Å². The van der Waals surface area contributed by atoms with E-state index in [-0.39, 0.29) is 12.1 Å². The van der Waals surface area contributed by atoms with Crippen LogP contribution in [0.1, 0.15) is 54.0 Å². The summed E-state index contributed by atoms with van der Waals surface area (Å²) in [7, 11) is 0. The van der Waals surface area contributed by atoms with Gasteiger partial charge in [-0.2, -0.15) is 0 Å². The molecule has 4 rings (SSSR count). The van der Waals surface area contributed by atoms with E-state index in [0.29, 0.717) is 0 Å². The Labute approximate surface area is 166 Å². The number of carbonyl (C=O) groups excluding carboxylic acids is 1. The van der Waals surface area contributed by atoms with E-state index in [4.69, 9.17) is 4.52 Å². The average Bonchev–Trinajstić information content (AvgIpc) is 3.12. The van der Waals surface area contributed by atoms with Gasteiger partial charge in [0.2, 0.25) is 0 Å². The van der Waals surface area contributed by atoms with Crippen LogP contribution in [0.25, 0.3) is 0 Å². The fourth-order valence-corrected chi connectivity index (χ4v) is 4.20. The van der Waals surface area contributed by atoms with E-state index in [9.17, 15) is 4.79 Å². The van der Waals surface area contributed by atoms with Crippen LogP contribution in [0.15, 0.2) is 28.8 Å². The minimum absolute atomic E-state index is 0.0231. The average molecular weight is 383 g/mol. The molecular formula is C22H30N4O2. The van der Waals surface area contributed by atoms with Crippen LogP contribution < -0.4 is 5.32 Å². The molecule has 0 bridgehead atoms. The zero-order valence-electron chi connectivity index (χ0n) is 16.9. The van der Waals surface area contributed by atoms with Crippen molar-refractivity contribution in [1.82, 2.24) is 20.3 Å². The molecule has 2 heterocycles. The van der Waals surface area contributed by atoms with Crippen LogP contribution in [0.3, 0.4) is 0 Å². The van der Waals surface area contributed by atoms with Gasteiger partial charge in [-0.05, 0) is 56.2 Å². The third-order valence-electron chi connectivity index (χ3n) is 5.93. The SMILES string of the molecule is Cc1cc(CN2CCN(C(=O)NC(C)c3ccc4c(c3)CCCC4)CC2)on1. The fourth-order valence-electron chi connectivity index (χ4n) is 4.20. The van der Waals surface area contributed by atoms with Gasteiger partial charge in [0.05, 0.1) is 18.3 Å². The van der Waals surface area contributed by atoms with E-state index in [1.807, 2.05) is 17.9 Å². The summed E-state index contributed by atoms with van der Waals surface area (Å²) in [4.78, 5) is 16.9. The largest absolute Gasteiger partial charge is 0.360 e. The quantitative estimate of drug-likeness (QED) is 0.880. The van der Waals surface area contributed by atoms with Gasteiger partial charge in [0.15, 0.2) is 5.76 Å². The van der Waals surface area contributed by atoms with Crippen molar-refractivity contribution < 1.29 is 9.32 Å². The second kappa shape index (κ2) is 8.35. The first kappa shape index (κ1) is 19.0. The van der Waals surface area contributed by atoms with E-state index >= 15 is 0 Å². The standard InChI is InChI=1S/C22H30N4O2/c1-16-13-21(28-24-16)15-25-9-11-26(12-10-25)22(27)23-17(2)19-8-7-18-5-3-4-6-20(18)14-19/h7-8,13-14,17H,3-6,9-12,15H2,1-2H3,(H,23,27). The van der Waals surface area contributed by atoms with Gasteiger partial charge in [-0.15, -0.1) is 0 Å². The van der Waals surface area contributed by atoms with E-state index in [2.05, 4.69) is 40.5 Å². The number of urea groups is 1. The minimum atomic E-state index is 0.0231. The van der Waals surface area contributed by atoms with Gasteiger partial charge in [0.25, 0.3) is 0 Å². The Morgan fingerprint density at radius 2 is 1.89 bits per heavy atom. The Morgan fingerprint density at radius 3 is 2.61 bits per heavy atom. The number of carbonyl (C=O) groups is 1. The number of aryl methyl sites for hydroxylation is 3. The highest BCUT2D eigenvalue weighted by atomic mass is 16.5. The van der Waals surface area contributed by atoms with E-state index < -0.39 is 0 Å². The normalized spacial score (nSPS) is 18.6. The monoisotopic (exact) mass is 382 g/mol.